The molecule has 108 valence electrons. The van der Waals surface area contributed by atoms with Gasteiger partial charge in [0.05, 0.1) is 0 Å². The maximum absolute atomic E-state index is 13.0. The van der Waals surface area contributed by atoms with Crippen LogP contribution in [0.3, 0.4) is 0 Å². The smallest absolute Gasteiger partial charge is 0.319 e. The summed E-state index contributed by atoms with van der Waals surface area (Å²) in [6, 6.07) is 4.09. The van der Waals surface area contributed by atoms with Gasteiger partial charge in [-0.15, -0.1) is 0 Å². The average Bonchev–Trinajstić information content (AvgIpc) is 2.43. The molecule has 2 rings (SSSR count). The average molecular weight is 276 g/mol. The Morgan fingerprint density at radius 1 is 1.35 bits per heavy atom. The number of allylic oxidation sites excluding steroid dienone is 1. The fourth-order valence-electron chi connectivity index (χ4n) is 2.40. The minimum Gasteiger partial charge on any atom is -0.338 e. The molecule has 20 heavy (non-hydrogen) atoms. The number of nitrogens with one attached hydrogen (secondary N) is 2. The van der Waals surface area contributed by atoms with E-state index in [9.17, 15) is 9.18 Å². The van der Waals surface area contributed by atoms with Gasteiger partial charge in [0.15, 0.2) is 0 Å². The monoisotopic (exact) mass is 276 g/mol. The molecule has 0 radical (unpaired) electrons. The van der Waals surface area contributed by atoms with Gasteiger partial charge in [-0.2, -0.15) is 0 Å². The van der Waals surface area contributed by atoms with Gasteiger partial charge in [-0.3, -0.25) is 0 Å². The van der Waals surface area contributed by atoms with Crippen LogP contribution in [-0.4, -0.2) is 12.6 Å². The Balaban J connectivity index is 1.76. The van der Waals surface area contributed by atoms with Crippen molar-refractivity contribution in [3.05, 3.63) is 41.2 Å². The number of rotatable bonds is 4. The number of aryl methyl sites for hydroxylation is 1. The lowest BCUT2D eigenvalue weighted by Crippen LogP contribution is -2.30. The number of urea groups is 1. The molecule has 0 saturated carbocycles. The third-order valence-electron chi connectivity index (χ3n) is 3.55. The van der Waals surface area contributed by atoms with E-state index in [4.69, 9.17) is 0 Å². The molecule has 0 atom stereocenters. The van der Waals surface area contributed by atoms with Crippen molar-refractivity contribution >= 4 is 11.7 Å². The molecule has 0 unspecified atom stereocenters. The van der Waals surface area contributed by atoms with Crippen LogP contribution in [0.4, 0.5) is 14.9 Å². The third-order valence-corrected chi connectivity index (χ3v) is 3.55. The summed E-state index contributed by atoms with van der Waals surface area (Å²) in [6.07, 6.45) is 8.05. The van der Waals surface area contributed by atoms with Crippen LogP contribution in [0.15, 0.2) is 29.8 Å². The molecule has 0 aliphatic heterocycles. The zero-order valence-electron chi connectivity index (χ0n) is 11.8. The van der Waals surface area contributed by atoms with Gasteiger partial charge in [0.1, 0.15) is 5.82 Å². The zero-order valence-corrected chi connectivity index (χ0v) is 11.8. The molecule has 1 aliphatic rings. The molecule has 0 bridgehead atoms. The van der Waals surface area contributed by atoms with Crippen molar-refractivity contribution in [3.8, 4) is 0 Å². The van der Waals surface area contributed by atoms with Gasteiger partial charge in [0.25, 0.3) is 0 Å². The van der Waals surface area contributed by atoms with Crippen molar-refractivity contribution in [1.82, 2.24) is 5.32 Å². The van der Waals surface area contributed by atoms with Crippen LogP contribution >= 0.6 is 0 Å². The van der Waals surface area contributed by atoms with E-state index in [0.29, 0.717) is 12.2 Å². The summed E-state index contributed by atoms with van der Waals surface area (Å²) in [6.45, 7) is 2.41. The molecule has 1 aromatic carbocycles. The van der Waals surface area contributed by atoms with E-state index in [-0.39, 0.29) is 11.8 Å². The van der Waals surface area contributed by atoms with Crippen LogP contribution in [0.5, 0.6) is 0 Å². The highest BCUT2D eigenvalue weighted by Gasteiger charge is 2.06. The highest BCUT2D eigenvalue weighted by atomic mass is 19.1. The first-order valence-corrected chi connectivity index (χ1v) is 7.14. The molecule has 0 spiro atoms. The van der Waals surface area contributed by atoms with Crippen molar-refractivity contribution in [2.75, 3.05) is 11.9 Å². The van der Waals surface area contributed by atoms with Crippen molar-refractivity contribution in [2.45, 2.75) is 39.0 Å². The number of carbonyl (C=O) groups excluding carboxylic acids is 1. The summed E-state index contributed by atoms with van der Waals surface area (Å²) >= 11 is 0. The minimum atomic E-state index is -0.294. The van der Waals surface area contributed by atoms with Gasteiger partial charge in [-0.05, 0) is 62.8 Å². The van der Waals surface area contributed by atoms with Crippen molar-refractivity contribution < 1.29 is 9.18 Å². The summed E-state index contributed by atoms with van der Waals surface area (Å²) < 4.78 is 13.0. The number of hydrogen-bond donors (Lipinski definition) is 2. The van der Waals surface area contributed by atoms with Gasteiger partial charge in [-0.25, -0.2) is 9.18 Å². The first-order chi connectivity index (χ1) is 9.65. The van der Waals surface area contributed by atoms with Crippen LogP contribution in [0.2, 0.25) is 0 Å². The molecule has 0 saturated heterocycles. The predicted octanol–water partition coefficient (Wildman–Crippen LogP) is 4.15. The molecule has 0 heterocycles. The minimum absolute atomic E-state index is 0.240. The second kappa shape index (κ2) is 7.08. The number of anilines is 1. The van der Waals surface area contributed by atoms with E-state index >= 15 is 0 Å². The fraction of sp³-hybridized carbons (Fsp3) is 0.438. The topological polar surface area (TPSA) is 41.1 Å². The Morgan fingerprint density at radius 2 is 2.20 bits per heavy atom. The molecular weight excluding hydrogens is 255 g/mol. The third kappa shape index (κ3) is 4.37. The van der Waals surface area contributed by atoms with Crippen LogP contribution in [0.25, 0.3) is 0 Å². The maximum Gasteiger partial charge on any atom is 0.319 e. The molecular formula is C16H21FN2O. The van der Waals surface area contributed by atoms with Crippen LogP contribution in [0, 0.1) is 12.7 Å². The van der Waals surface area contributed by atoms with Gasteiger partial charge in [0.2, 0.25) is 0 Å². The van der Waals surface area contributed by atoms with E-state index < -0.39 is 0 Å². The second-order valence-electron chi connectivity index (χ2n) is 5.20. The Hall–Kier alpha value is -1.84. The largest absolute Gasteiger partial charge is 0.338 e. The number of benzene rings is 1. The Kier molecular flexibility index (Phi) is 5.16. The van der Waals surface area contributed by atoms with E-state index in [0.717, 1.165) is 24.8 Å². The van der Waals surface area contributed by atoms with Crippen molar-refractivity contribution in [3.63, 3.8) is 0 Å². The standard InChI is InChI=1S/C16H21FN2O/c1-12-11-14(17)7-8-15(12)19-16(20)18-10-9-13-5-3-2-4-6-13/h5,7-8,11H,2-4,6,9-10H2,1H3,(H2,18,19,20). The number of amides is 2. The summed E-state index contributed by atoms with van der Waals surface area (Å²) in [5, 5.41) is 5.57. The summed E-state index contributed by atoms with van der Waals surface area (Å²) in [4.78, 5) is 11.8. The quantitative estimate of drug-likeness (QED) is 0.797. The van der Waals surface area contributed by atoms with E-state index in [1.54, 1.807) is 13.0 Å². The Labute approximate surface area is 119 Å². The van der Waals surface area contributed by atoms with Crippen molar-refractivity contribution in [1.29, 1.82) is 0 Å². The molecule has 3 nitrogen and oxygen atoms in total. The van der Waals surface area contributed by atoms with Crippen LogP contribution in [0.1, 0.15) is 37.7 Å². The summed E-state index contributed by atoms with van der Waals surface area (Å²) in [5.74, 6) is -0.294. The van der Waals surface area contributed by atoms with Crippen molar-refractivity contribution in [2.24, 2.45) is 0 Å². The normalized spacial score (nSPS) is 14.6. The van der Waals surface area contributed by atoms with Gasteiger partial charge in [0, 0.05) is 12.2 Å². The molecule has 2 N–H and O–H groups in total. The van der Waals surface area contributed by atoms with Gasteiger partial charge < -0.3 is 10.6 Å². The van der Waals surface area contributed by atoms with E-state index in [2.05, 4.69) is 16.7 Å². The summed E-state index contributed by atoms with van der Waals surface area (Å²) in [7, 11) is 0. The lowest BCUT2D eigenvalue weighted by Gasteiger charge is -2.13. The van der Waals surface area contributed by atoms with Crippen LogP contribution < -0.4 is 10.6 Å². The SMILES string of the molecule is Cc1cc(F)ccc1NC(=O)NCCC1=CCCCC1. The number of hydrogen-bond acceptors (Lipinski definition) is 1. The first-order valence-electron chi connectivity index (χ1n) is 7.14. The predicted molar refractivity (Wildman–Crippen MR) is 79.3 cm³/mol. The molecule has 1 aliphatic carbocycles. The zero-order chi connectivity index (χ0) is 14.4. The number of carbonyl (C=O) groups is 1. The molecule has 0 fully saturated rings. The lowest BCUT2D eigenvalue weighted by molar-refractivity contribution is 0.252. The molecule has 1 aromatic rings. The highest BCUT2D eigenvalue weighted by molar-refractivity contribution is 5.89. The van der Waals surface area contributed by atoms with Gasteiger partial charge >= 0.3 is 6.03 Å². The number of halogens is 1. The Morgan fingerprint density at radius 3 is 2.90 bits per heavy atom. The first kappa shape index (κ1) is 14.6. The van der Waals surface area contributed by atoms with E-state index in [1.807, 2.05) is 0 Å². The molecule has 4 heteroatoms. The van der Waals surface area contributed by atoms with Crippen LogP contribution in [-0.2, 0) is 0 Å². The lowest BCUT2D eigenvalue weighted by atomic mass is 9.97. The Bertz CT molecular complexity index is 511. The van der Waals surface area contributed by atoms with Gasteiger partial charge in [-0.1, -0.05) is 11.6 Å². The highest BCUT2D eigenvalue weighted by Crippen LogP contribution is 2.19. The van der Waals surface area contributed by atoms with E-state index in [1.165, 1.54) is 30.5 Å². The summed E-state index contributed by atoms with van der Waals surface area (Å²) in [5.41, 5.74) is 2.80. The second-order valence-corrected chi connectivity index (χ2v) is 5.20. The molecule has 2 amide bonds. The maximum atomic E-state index is 13.0. The fourth-order valence-corrected chi connectivity index (χ4v) is 2.40. The molecule has 0 aromatic heterocycles.